The fourth-order valence-electron chi connectivity index (χ4n) is 5.68. The highest BCUT2D eigenvalue weighted by Gasteiger charge is 2.46. The first-order chi connectivity index (χ1) is 21.6. The minimum Gasteiger partial charge on any atom is -0.394 e. The summed E-state index contributed by atoms with van der Waals surface area (Å²) in [7, 11) is 0. The van der Waals surface area contributed by atoms with Crippen LogP contribution in [-0.2, 0) is 22.4 Å². The van der Waals surface area contributed by atoms with Crippen LogP contribution in [0.4, 0.5) is 5.82 Å². The van der Waals surface area contributed by atoms with Gasteiger partial charge in [0.25, 0.3) is 0 Å². The second kappa shape index (κ2) is 14.4. The summed E-state index contributed by atoms with van der Waals surface area (Å²) in [5.74, 6) is 0.378. The number of benzene rings is 2. The highest BCUT2D eigenvalue weighted by atomic mass is 16.7. The number of nitrogens with two attached hydrogens (primary N) is 1. The van der Waals surface area contributed by atoms with E-state index in [-0.39, 0.29) is 6.42 Å². The van der Waals surface area contributed by atoms with Gasteiger partial charge in [-0.3, -0.25) is 0 Å². The number of hydrogen-bond acceptors (Lipinski definition) is 13. The van der Waals surface area contributed by atoms with Crippen molar-refractivity contribution < 1.29 is 50.3 Å². The summed E-state index contributed by atoms with van der Waals surface area (Å²) in [6.07, 6.45) is -11.6. The number of rotatable bonds is 13. The van der Waals surface area contributed by atoms with Crippen molar-refractivity contribution in [2.24, 2.45) is 0 Å². The summed E-state index contributed by atoms with van der Waals surface area (Å²) < 4.78 is 12.8. The van der Waals surface area contributed by atoms with E-state index < -0.39 is 68.3 Å². The van der Waals surface area contributed by atoms with Crippen LogP contribution in [0.2, 0.25) is 0 Å². The molecule has 3 heterocycles. The van der Waals surface area contributed by atoms with Crippen LogP contribution in [-0.4, -0.2) is 124 Å². The van der Waals surface area contributed by atoms with Gasteiger partial charge in [-0.2, -0.15) is 0 Å². The maximum absolute atomic E-state index is 10.8. The Bertz CT molecular complexity index is 1550. The van der Waals surface area contributed by atoms with Crippen molar-refractivity contribution in [2.45, 2.75) is 80.9 Å². The number of aryl methyl sites for hydroxylation is 1. The van der Waals surface area contributed by atoms with Crippen LogP contribution in [0, 0.1) is 0 Å². The third kappa shape index (κ3) is 7.10. The fraction of sp³-hybridized carbons (Fsp3) is 0.484. The van der Waals surface area contributed by atoms with Gasteiger partial charge >= 0.3 is 0 Å². The number of nitrogen functional groups attached to an aromatic ring is 1. The molecule has 45 heavy (non-hydrogen) atoms. The van der Waals surface area contributed by atoms with Gasteiger partial charge in [-0.05, 0) is 36.5 Å². The van der Waals surface area contributed by atoms with Crippen molar-refractivity contribution >= 4 is 27.8 Å². The van der Waals surface area contributed by atoms with E-state index in [1.165, 1.54) is 0 Å². The molecule has 1 saturated heterocycles. The molecule has 2 aromatic heterocycles. The predicted octanol–water partition coefficient (Wildman–Crippen LogP) is -1.20. The zero-order chi connectivity index (χ0) is 32.2. The number of aromatic nitrogens is 3. The van der Waals surface area contributed by atoms with Crippen molar-refractivity contribution in [3.05, 3.63) is 66.0 Å². The zero-order valence-electron chi connectivity index (χ0n) is 24.4. The smallest absolute Gasteiger partial charge is 0.187 e. The van der Waals surface area contributed by atoms with Gasteiger partial charge in [0, 0.05) is 11.9 Å². The van der Waals surface area contributed by atoms with E-state index in [2.05, 4.69) is 9.97 Å². The lowest BCUT2D eigenvalue weighted by atomic mass is 9.96. The number of anilines is 1. The van der Waals surface area contributed by atoms with Crippen LogP contribution in [0.25, 0.3) is 21.9 Å². The molecule has 4 aromatic rings. The van der Waals surface area contributed by atoms with Gasteiger partial charge < -0.3 is 60.6 Å². The molecule has 0 radical (unpaired) electrons. The molecule has 244 valence electrons. The minimum absolute atomic E-state index is 0.110. The summed E-state index contributed by atoms with van der Waals surface area (Å²) in [5, 5.41) is 81.9. The molecule has 1 fully saturated rings. The largest absolute Gasteiger partial charge is 0.394 e. The minimum atomic E-state index is -1.79. The van der Waals surface area contributed by atoms with Gasteiger partial charge in [0.05, 0.1) is 36.7 Å². The Morgan fingerprint density at radius 3 is 2.33 bits per heavy atom. The SMILES string of the molecule is Nc1nc2ccccc2c2c1ncn2Cc1ccc(CCC[C@H](O)[C@@H](O)C(O[C@H]2O[C@H](CO)[C@@H](O)[C@H](O)[C@H]2O)[C@H](O)CO)cc1. The lowest BCUT2D eigenvalue weighted by molar-refractivity contribution is -0.327. The average Bonchev–Trinajstić information content (AvgIpc) is 3.48. The Balaban J connectivity index is 1.18. The molecule has 9 atom stereocenters. The zero-order valence-corrected chi connectivity index (χ0v) is 24.4. The molecule has 0 saturated carbocycles. The van der Waals surface area contributed by atoms with E-state index in [9.17, 15) is 40.9 Å². The highest BCUT2D eigenvalue weighted by molar-refractivity contribution is 6.06. The number of aliphatic hydroxyl groups is 8. The van der Waals surface area contributed by atoms with Crippen molar-refractivity contribution in [1.82, 2.24) is 14.5 Å². The van der Waals surface area contributed by atoms with Crippen LogP contribution in [0.15, 0.2) is 54.9 Å². The maximum Gasteiger partial charge on any atom is 0.187 e. The van der Waals surface area contributed by atoms with Gasteiger partial charge in [0.2, 0.25) is 0 Å². The first-order valence-electron chi connectivity index (χ1n) is 14.8. The van der Waals surface area contributed by atoms with E-state index >= 15 is 0 Å². The number of ether oxygens (including phenoxy) is 2. The lowest BCUT2D eigenvalue weighted by Gasteiger charge is -2.42. The third-order valence-electron chi connectivity index (χ3n) is 8.26. The average molecular weight is 629 g/mol. The normalized spacial score (nSPS) is 24.9. The van der Waals surface area contributed by atoms with E-state index in [1.54, 1.807) is 6.33 Å². The number of hydrogen-bond donors (Lipinski definition) is 9. The molecule has 1 aliphatic heterocycles. The second-order valence-electron chi connectivity index (χ2n) is 11.4. The molecule has 1 unspecified atom stereocenters. The molecule has 14 heteroatoms. The van der Waals surface area contributed by atoms with Crippen molar-refractivity contribution in [3.63, 3.8) is 0 Å². The monoisotopic (exact) mass is 628 g/mol. The summed E-state index contributed by atoms with van der Waals surface area (Å²) in [4.78, 5) is 8.92. The van der Waals surface area contributed by atoms with Crippen LogP contribution in [0.1, 0.15) is 24.0 Å². The van der Waals surface area contributed by atoms with E-state index in [1.807, 2.05) is 53.1 Å². The van der Waals surface area contributed by atoms with Crippen molar-refractivity contribution in [2.75, 3.05) is 18.9 Å². The number of para-hydroxylation sites is 1. The van der Waals surface area contributed by atoms with Crippen molar-refractivity contribution in [1.29, 1.82) is 0 Å². The Hall–Kier alpha value is -3.28. The standard InChI is InChI=1S/C31H40N4O10/c32-30-23-24(18-5-1-2-6-19(18)34-30)35(15-33-23)12-17-10-8-16(9-11-17)4-3-7-20(38)25(40)29(21(39)13-36)45-31-28(43)27(42)26(41)22(14-37)44-31/h1-2,5-6,8-11,15,20-22,25-29,31,36-43H,3-4,7,12-14H2,(H2,32,34)/t20-,21+,22+,25+,26+,27-,28+,29?,31+/m0/s1. The number of pyridine rings is 1. The molecule has 14 nitrogen and oxygen atoms in total. The third-order valence-corrected chi connectivity index (χ3v) is 8.26. The maximum atomic E-state index is 10.8. The summed E-state index contributed by atoms with van der Waals surface area (Å²) in [6.45, 7) is -0.972. The first-order valence-corrected chi connectivity index (χ1v) is 14.8. The Morgan fingerprint density at radius 2 is 1.62 bits per heavy atom. The van der Waals surface area contributed by atoms with Gasteiger partial charge in [-0.1, -0.05) is 42.5 Å². The van der Waals surface area contributed by atoms with Gasteiger partial charge in [-0.15, -0.1) is 0 Å². The molecule has 0 spiro atoms. The molecule has 10 N–H and O–H groups in total. The fourth-order valence-corrected chi connectivity index (χ4v) is 5.68. The number of aliphatic hydroxyl groups excluding tert-OH is 8. The molecule has 1 aliphatic rings. The van der Waals surface area contributed by atoms with E-state index in [0.717, 1.165) is 27.5 Å². The molecule has 5 rings (SSSR count). The number of fused-ring (bicyclic) bond motifs is 3. The molecule has 0 aliphatic carbocycles. The molecular weight excluding hydrogens is 588 g/mol. The highest BCUT2D eigenvalue weighted by Crippen LogP contribution is 2.28. The van der Waals surface area contributed by atoms with Gasteiger partial charge in [-0.25, -0.2) is 9.97 Å². The molecule has 2 aromatic carbocycles. The van der Waals surface area contributed by atoms with Crippen molar-refractivity contribution in [3.8, 4) is 0 Å². The second-order valence-corrected chi connectivity index (χ2v) is 11.4. The Labute approximate surface area is 258 Å². The number of imidazole rings is 1. The number of nitrogens with zero attached hydrogens (tertiary/aromatic N) is 3. The summed E-state index contributed by atoms with van der Waals surface area (Å²) in [6, 6.07) is 15.7. The van der Waals surface area contributed by atoms with E-state index in [4.69, 9.17) is 15.2 Å². The van der Waals surface area contributed by atoms with Crippen LogP contribution >= 0.6 is 0 Å². The topological polar surface area (TPSA) is 237 Å². The first kappa shape index (κ1) is 33.1. The summed E-state index contributed by atoms with van der Waals surface area (Å²) >= 11 is 0. The van der Waals surface area contributed by atoms with Crippen LogP contribution in [0.3, 0.4) is 0 Å². The Kier molecular flexibility index (Phi) is 10.6. The molecule has 0 amide bonds. The van der Waals surface area contributed by atoms with Gasteiger partial charge in [0.1, 0.15) is 48.2 Å². The predicted molar refractivity (Wildman–Crippen MR) is 162 cm³/mol. The molecule has 0 bridgehead atoms. The van der Waals surface area contributed by atoms with Crippen LogP contribution in [0.5, 0.6) is 0 Å². The quantitative estimate of drug-likeness (QED) is 0.0847. The molecular formula is C31H40N4O10. The van der Waals surface area contributed by atoms with Gasteiger partial charge in [0.15, 0.2) is 12.1 Å². The van der Waals surface area contributed by atoms with Crippen LogP contribution < -0.4 is 5.73 Å². The van der Waals surface area contributed by atoms with E-state index in [0.29, 0.717) is 30.7 Å². The lowest BCUT2D eigenvalue weighted by Crippen LogP contribution is -2.61. The Morgan fingerprint density at radius 1 is 0.911 bits per heavy atom. The summed E-state index contributed by atoms with van der Waals surface area (Å²) in [5.41, 5.74) is 10.5.